The van der Waals surface area contributed by atoms with Crippen molar-refractivity contribution in [3.63, 3.8) is 0 Å². The van der Waals surface area contributed by atoms with E-state index in [1.807, 2.05) is 50.2 Å². The monoisotopic (exact) mass is 400 g/mol. The number of nitrogens with one attached hydrogen (secondary N) is 2. The van der Waals surface area contributed by atoms with Crippen molar-refractivity contribution in [3.05, 3.63) is 94.0 Å². The van der Waals surface area contributed by atoms with E-state index in [-0.39, 0.29) is 11.8 Å². The molecule has 0 fully saturated rings. The zero-order valence-corrected chi connectivity index (χ0v) is 18.0. The van der Waals surface area contributed by atoms with E-state index in [2.05, 4.69) is 24.5 Å². The Hall–Kier alpha value is -3.40. The normalized spacial score (nSPS) is 10.5. The lowest BCUT2D eigenvalue weighted by Gasteiger charge is -2.14. The van der Waals surface area contributed by atoms with Crippen molar-refractivity contribution in [3.8, 4) is 0 Å². The van der Waals surface area contributed by atoms with Crippen LogP contribution in [0.2, 0.25) is 0 Å². The highest BCUT2D eigenvalue weighted by Crippen LogP contribution is 2.23. The molecule has 4 nitrogen and oxygen atoms in total. The summed E-state index contributed by atoms with van der Waals surface area (Å²) in [6, 6.07) is 18.7. The predicted octanol–water partition coefficient (Wildman–Crippen LogP) is 5.93. The first kappa shape index (κ1) is 21.3. The van der Waals surface area contributed by atoms with Crippen LogP contribution in [0.1, 0.15) is 56.8 Å². The maximum absolute atomic E-state index is 12.7. The van der Waals surface area contributed by atoms with Gasteiger partial charge in [0, 0.05) is 22.5 Å². The van der Waals surface area contributed by atoms with Crippen molar-refractivity contribution in [2.75, 3.05) is 10.6 Å². The maximum Gasteiger partial charge on any atom is 0.255 e. The van der Waals surface area contributed by atoms with Gasteiger partial charge in [0.05, 0.1) is 0 Å². The van der Waals surface area contributed by atoms with E-state index in [1.54, 1.807) is 24.3 Å². The molecule has 0 spiro atoms. The average Bonchev–Trinajstić information content (AvgIpc) is 2.76. The van der Waals surface area contributed by atoms with Gasteiger partial charge in [0.1, 0.15) is 0 Å². The van der Waals surface area contributed by atoms with Gasteiger partial charge in [-0.05, 0) is 73.2 Å². The quantitative estimate of drug-likeness (QED) is 0.538. The maximum atomic E-state index is 12.7. The molecule has 2 N–H and O–H groups in total. The Kier molecular flexibility index (Phi) is 6.68. The van der Waals surface area contributed by atoms with Gasteiger partial charge in [0.25, 0.3) is 11.8 Å². The van der Waals surface area contributed by atoms with Crippen LogP contribution in [-0.2, 0) is 12.8 Å². The number of para-hydroxylation sites is 2. The van der Waals surface area contributed by atoms with E-state index >= 15 is 0 Å². The average molecular weight is 401 g/mol. The molecule has 0 saturated carbocycles. The van der Waals surface area contributed by atoms with Gasteiger partial charge in [0.15, 0.2) is 0 Å². The third kappa shape index (κ3) is 4.60. The Bertz CT molecular complexity index is 982. The van der Waals surface area contributed by atoms with Gasteiger partial charge >= 0.3 is 0 Å². The van der Waals surface area contributed by atoms with Crippen LogP contribution in [0.5, 0.6) is 0 Å². The van der Waals surface area contributed by atoms with Crippen LogP contribution in [-0.4, -0.2) is 11.8 Å². The molecule has 0 atom stereocenters. The molecular weight excluding hydrogens is 372 g/mol. The van der Waals surface area contributed by atoms with Crippen molar-refractivity contribution < 1.29 is 9.59 Å². The first-order valence-electron chi connectivity index (χ1n) is 10.3. The second-order valence-electron chi connectivity index (χ2n) is 7.41. The number of benzene rings is 3. The van der Waals surface area contributed by atoms with E-state index in [1.165, 1.54) is 0 Å². The molecule has 0 unspecified atom stereocenters. The summed E-state index contributed by atoms with van der Waals surface area (Å²) in [6.45, 7) is 8.10. The molecule has 0 aliphatic heterocycles. The highest BCUT2D eigenvalue weighted by atomic mass is 16.2. The van der Waals surface area contributed by atoms with Gasteiger partial charge in [-0.3, -0.25) is 9.59 Å². The third-order valence-corrected chi connectivity index (χ3v) is 5.37. The molecule has 3 aromatic carbocycles. The van der Waals surface area contributed by atoms with E-state index in [9.17, 15) is 9.59 Å². The lowest BCUT2D eigenvalue weighted by molar-refractivity contribution is 0.101. The first-order valence-corrected chi connectivity index (χ1v) is 10.3. The number of amides is 2. The third-order valence-electron chi connectivity index (χ3n) is 5.37. The van der Waals surface area contributed by atoms with Gasteiger partial charge in [-0.25, -0.2) is 0 Å². The van der Waals surface area contributed by atoms with Crippen LogP contribution in [0.4, 0.5) is 11.4 Å². The van der Waals surface area contributed by atoms with Crippen molar-refractivity contribution >= 4 is 23.2 Å². The molecule has 3 aromatic rings. The number of rotatable bonds is 6. The molecule has 0 aromatic heterocycles. The van der Waals surface area contributed by atoms with Gasteiger partial charge < -0.3 is 10.6 Å². The molecule has 0 aliphatic carbocycles. The molecule has 30 heavy (non-hydrogen) atoms. The molecule has 0 saturated heterocycles. The lowest BCUT2D eigenvalue weighted by atomic mass is 10.0. The fourth-order valence-corrected chi connectivity index (χ4v) is 3.55. The summed E-state index contributed by atoms with van der Waals surface area (Å²) >= 11 is 0. The molecule has 2 amide bonds. The number of aryl methyl sites for hydroxylation is 4. The Labute approximate surface area is 178 Å². The van der Waals surface area contributed by atoms with Crippen molar-refractivity contribution in [1.82, 2.24) is 0 Å². The van der Waals surface area contributed by atoms with Gasteiger partial charge in [0.2, 0.25) is 0 Å². The zero-order chi connectivity index (χ0) is 21.7. The van der Waals surface area contributed by atoms with E-state index in [0.717, 1.165) is 46.5 Å². The zero-order valence-electron chi connectivity index (χ0n) is 18.0. The molecule has 3 rings (SSSR count). The topological polar surface area (TPSA) is 58.2 Å². The molecule has 0 bridgehead atoms. The fourth-order valence-electron chi connectivity index (χ4n) is 3.55. The van der Waals surface area contributed by atoms with Gasteiger partial charge in [-0.15, -0.1) is 0 Å². The minimum absolute atomic E-state index is 0.182. The van der Waals surface area contributed by atoms with Crippen LogP contribution in [0.15, 0.2) is 60.7 Å². The molecule has 4 heteroatoms. The smallest absolute Gasteiger partial charge is 0.255 e. The number of carbonyl (C=O) groups is 2. The number of anilines is 2. The largest absolute Gasteiger partial charge is 0.321 e. The highest BCUT2D eigenvalue weighted by Gasteiger charge is 2.14. The van der Waals surface area contributed by atoms with Crippen LogP contribution in [0, 0.1) is 13.8 Å². The lowest BCUT2D eigenvalue weighted by Crippen LogP contribution is -2.16. The second kappa shape index (κ2) is 9.40. The Balaban J connectivity index is 1.75. The van der Waals surface area contributed by atoms with Gasteiger partial charge in [-0.2, -0.15) is 0 Å². The standard InChI is InChI=1S/C26H28N2O2/c1-5-19-11-7-9-17(3)23(19)27-25(29)21-13-15-22(16-14-21)26(30)28-24-18(4)10-8-12-20(24)6-2/h7-16H,5-6H2,1-4H3,(H,27,29)(H,28,30). The van der Waals surface area contributed by atoms with Crippen molar-refractivity contribution in [2.45, 2.75) is 40.5 Å². The van der Waals surface area contributed by atoms with Crippen LogP contribution >= 0.6 is 0 Å². The summed E-state index contributed by atoms with van der Waals surface area (Å²) in [7, 11) is 0. The van der Waals surface area contributed by atoms with Crippen LogP contribution < -0.4 is 10.6 Å². The van der Waals surface area contributed by atoms with Crippen LogP contribution in [0.25, 0.3) is 0 Å². The molecular formula is C26H28N2O2. The SMILES string of the molecule is CCc1cccc(C)c1NC(=O)c1ccc(C(=O)Nc2c(C)cccc2CC)cc1. The summed E-state index contributed by atoms with van der Waals surface area (Å²) in [5.74, 6) is -0.365. The summed E-state index contributed by atoms with van der Waals surface area (Å²) in [5.41, 5.74) is 7.02. The molecule has 0 heterocycles. The Morgan fingerprint density at radius 2 is 1.00 bits per heavy atom. The summed E-state index contributed by atoms with van der Waals surface area (Å²) in [4.78, 5) is 25.4. The number of hydrogen-bond acceptors (Lipinski definition) is 2. The predicted molar refractivity (Wildman–Crippen MR) is 123 cm³/mol. The molecule has 0 radical (unpaired) electrons. The number of hydrogen-bond donors (Lipinski definition) is 2. The Morgan fingerprint density at radius 1 is 0.633 bits per heavy atom. The summed E-state index contributed by atoms with van der Waals surface area (Å²) < 4.78 is 0. The van der Waals surface area contributed by atoms with Crippen molar-refractivity contribution in [1.29, 1.82) is 0 Å². The number of carbonyl (C=O) groups excluding carboxylic acids is 2. The highest BCUT2D eigenvalue weighted by molar-refractivity contribution is 6.08. The van der Waals surface area contributed by atoms with Gasteiger partial charge in [-0.1, -0.05) is 50.2 Å². The first-order chi connectivity index (χ1) is 14.4. The molecule has 0 aliphatic rings. The van der Waals surface area contributed by atoms with E-state index in [4.69, 9.17) is 0 Å². The molecule has 154 valence electrons. The minimum Gasteiger partial charge on any atom is -0.321 e. The summed E-state index contributed by atoms with van der Waals surface area (Å²) in [5, 5.41) is 6.04. The fraction of sp³-hybridized carbons (Fsp3) is 0.231. The van der Waals surface area contributed by atoms with E-state index in [0.29, 0.717) is 11.1 Å². The van der Waals surface area contributed by atoms with Crippen LogP contribution in [0.3, 0.4) is 0 Å². The second-order valence-corrected chi connectivity index (χ2v) is 7.41. The summed E-state index contributed by atoms with van der Waals surface area (Å²) in [6.07, 6.45) is 1.68. The Morgan fingerprint density at radius 3 is 1.33 bits per heavy atom. The van der Waals surface area contributed by atoms with E-state index < -0.39 is 0 Å². The minimum atomic E-state index is -0.182. The van der Waals surface area contributed by atoms with Crippen molar-refractivity contribution in [2.24, 2.45) is 0 Å².